The third-order valence-electron chi connectivity index (χ3n) is 5.92. The summed E-state index contributed by atoms with van der Waals surface area (Å²) in [5, 5.41) is 10.5. The molecule has 1 aliphatic rings. The Morgan fingerprint density at radius 2 is 1.90 bits per heavy atom. The molecule has 0 spiro atoms. The van der Waals surface area contributed by atoms with E-state index in [0.29, 0.717) is 22.4 Å². The quantitative estimate of drug-likeness (QED) is 0.381. The molecule has 2 heterocycles. The number of nitrogen functional groups attached to an aromatic ring is 1. The number of rotatable bonds is 2. The summed E-state index contributed by atoms with van der Waals surface area (Å²) in [4.78, 5) is 15.7. The van der Waals surface area contributed by atoms with Gasteiger partial charge >= 0.3 is 0 Å². The van der Waals surface area contributed by atoms with Crippen molar-refractivity contribution < 1.29 is 4.39 Å². The molecule has 6 rings (SSSR count). The van der Waals surface area contributed by atoms with Gasteiger partial charge in [0.25, 0.3) is 5.56 Å². The van der Waals surface area contributed by atoms with E-state index >= 15 is 0 Å². The predicted octanol–water partition coefficient (Wildman–Crippen LogP) is 4.82. The second kappa shape index (κ2) is 5.67. The van der Waals surface area contributed by atoms with E-state index in [1.807, 2.05) is 24.3 Å². The van der Waals surface area contributed by atoms with Gasteiger partial charge in [0.15, 0.2) is 0 Å². The first kappa shape index (κ1) is 16.3. The molecule has 5 aromatic rings. The van der Waals surface area contributed by atoms with Crippen LogP contribution in [0.15, 0.2) is 53.5 Å². The first-order valence-corrected chi connectivity index (χ1v) is 9.62. The molecule has 0 saturated heterocycles. The first-order chi connectivity index (χ1) is 14.1. The number of halogens is 1. The lowest BCUT2D eigenvalue weighted by Gasteiger charge is -2.15. The molecule has 2 aromatic heterocycles. The number of aromatic amines is 2. The van der Waals surface area contributed by atoms with Crippen molar-refractivity contribution in [1.29, 1.82) is 0 Å². The fourth-order valence-electron chi connectivity index (χ4n) is 4.41. The zero-order chi connectivity index (χ0) is 19.7. The number of fused-ring (bicyclic) bond motifs is 4. The fraction of sp³-hybridized carbons (Fsp3) is 0.130. The summed E-state index contributed by atoms with van der Waals surface area (Å²) in [6.45, 7) is 0. The molecule has 0 bridgehead atoms. The van der Waals surface area contributed by atoms with Crippen molar-refractivity contribution in [3.63, 3.8) is 0 Å². The van der Waals surface area contributed by atoms with Gasteiger partial charge in [0.1, 0.15) is 11.5 Å². The van der Waals surface area contributed by atoms with Crippen molar-refractivity contribution in [1.82, 2.24) is 15.2 Å². The molecule has 0 atom stereocenters. The van der Waals surface area contributed by atoms with E-state index in [1.54, 1.807) is 6.20 Å². The SMILES string of the molecule is Nc1c(-c2cccc3[nH]ncc23)c2cc(C3CC3)c3ccc(F)cc3c2[nH]c1=O. The Morgan fingerprint density at radius 1 is 1.03 bits per heavy atom. The number of nitrogens with one attached hydrogen (secondary N) is 2. The van der Waals surface area contributed by atoms with Crippen LogP contribution in [0.5, 0.6) is 0 Å². The standard InChI is InChI=1S/C23H17FN4O/c24-12-6-7-13-15(11-4-5-11)9-17-20(14-2-1-3-19-18(14)10-26-28-19)21(25)23(29)27-22(17)16(13)8-12/h1-3,6-11H,4-5,25H2,(H,26,28)(H,27,29). The maximum Gasteiger partial charge on any atom is 0.272 e. The zero-order valence-electron chi connectivity index (χ0n) is 15.4. The van der Waals surface area contributed by atoms with Crippen molar-refractivity contribution in [3.05, 3.63) is 70.4 Å². The third-order valence-corrected chi connectivity index (χ3v) is 5.92. The van der Waals surface area contributed by atoms with Crippen LogP contribution in [-0.2, 0) is 0 Å². The number of H-pyrrole nitrogens is 2. The van der Waals surface area contributed by atoms with Crippen molar-refractivity contribution in [2.24, 2.45) is 0 Å². The second-order valence-corrected chi connectivity index (χ2v) is 7.73. The summed E-state index contributed by atoms with van der Waals surface area (Å²) in [7, 11) is 0. The molecular formula is C23H17FN4O. The molecule has 5 nitrogen and oxygen atoms in total. The van der Waals surface area contributed by atoms with Gasteiger partial charge in [-0.1, -0.05) is 18.2 Å². The molecule has 3 aromatic carbocycles. The summed E-state index contributed by atoms with van der Waals surface area (Å²) in [5.41, 5.74) is 10.2. The number of anilines is 1. The lowest BCUT2D eigenvalue weighted by Crippen LogP contribution is -2.14. The van der Waals surface area contributed by atoms with E-state index < -0.39 is 0 Å². The van der Waals surface area contributed by atoms with Crippen LogP contribution in [0.25, 0.3) is 43.7 Å². The maximum absolute atomic E-state index is 14.2. The molecule has 4 N–H and O–H groups in total. The Bertz CT molecular complexity index is 1510. The summed E-state index contributed by atoms with van der Waals surface area (Å²) >= 11 is 0. The smallest absolute Gasteiger partial charge is 0.272 e. The Balaban J connectivity index is 1.84. The molecule has 1 saturated carbocycles. The Morgan fingerprint density at radius 3 is 2.72 bits per heavy atom. The van der Waals surface area contributed by atoms with E-state index in [4.69, 9.17) is 5.73 Å². The van der Waals surface area contributed by atoms with Gasteiger partial charge < -0.3 is 10.7 Å². The number of benzene rings is 3. The van der Waals surface area contributed by atoms with Gasteiger partial charge in [-0.25, -0.2) is 4.39 Å². The van der Waals surface area contributed by atoms with Gasteiger partial charge in [-0.15, -0.1) is 0 Å². The summed E-state index contributed by atoms with van der Waals surface area (Å²) in [6, 6.07) is 12.7. The van der Waals surface area contributed by atoms with Crippen LogP contribution >= 0.6 is 0 Å². The van der Waals surface area contributed by atoms with E-state index in [0.717, 1.165) is 40.1 Å². The van der Waals surface area contributed by atoms with Crippen LogP contribution in [0.3, 0.4) is 0 Å². The fourth-order valence-corrected chi connectivity index (χ4v) is 4.41. The highest BCUT2D eigenvalue weighted by Crippen LogP contribution is 2.46. The zero-order valence-corrected chi connectivity index (χ0v) is 15.4. The van der Waals surface area contributed by atoms with Crippen molar-refractivity contribution >= 4 is 38.3 Å². The van der Waals surface area contributed by atoms with Crippen LogP contribution in [0, 0.1) is 5.82 Å². The highest BCUT2D eigenvalue weighted by Gasteiger charge is 2.27. The summed E-state index contributed by atoms with van der Waals surface area (Å²) in [6.07, 6.45) is 3.96. The molecule has 142 valence electrons. The minimum atomic E-state index is -0.377. The Hall–Kier alpha value is -3.67. The molecular weight excluding hydrogens is 367 g/mol. The first-order valence-electron chi connectivity index (χ1n) is 9.62. The van der Waals surface area contributed by atoms with E-state index in [2.05, 4.69) is 21.2 Å². The van der Waals surface area contributed by atoms with Gasteiger partial charge in [-0.3, -0.25) is 9.89 Å². The van der Waals surface area contributed by atoms with Crippen LogP contribution in [-0.4, -0.2) is 15.2 Å². The minimum absolute atomic E-state index is 0.156. The number of pyridine rings is 1. The number of nitrogens with zero attached hydrogens (tertiary/aromatic N) is 1. The predicted molar refractivity (Wildman–Crippen MR) is 114 cm³/mol. The van der Waals surface area contributed by atoms with Crippen molar-refractivity contribution in [2.45, 2.75) is 18.8 Å². The number of aromatic nitrogens is 3. The molecule has 29 heavy (non-hydrogen) atoms. The molecule has 1 fully saturated rings. The number of nitrogens with two attached hydrogens (primary N) is 1. The van der Waals surface area contributed by atoms with E-state index in [1.165, 1.54) is 17.7 Å². The van der Waals surface area contributed by atoms with Crippen LogP contribution < -0.4 is 11.3 Å². The second-order valence-electron chi connectivity index (χ2n) is 7.73. The van der Waals surface area contributed by atoms with Crippen molar-refractivity contribution in [2.75, 3.05) is 5.73 Å². The molecule has 0 aliphatic heterocycles. The monoisotopic (exact) mass is 384 g/mol. The van der Waals surface area contributed by atoms with Gasteiger partial charge in [-0.2, -0.15) is 5.10 Å². The van der Waals surface area contributed by atoms with Gasteiger partial charge in [0.05, 0.1) is 17.2 Å². The Kier molecular flexibility index (Phi) is 3.19. The van der Waals surface area contributed by atoms with Crippen LogP contribution in [0.1, 0.15) is 24.3 Å². The van der Waals surface area contributed by atoms with Gasteiger partial charge in [0, 0.05) is 21.7 Å². The number of hydrogen-bond donors (Lipinski definition) is 3. The van der Waals surface area contributed by atoms with E-state index in [-0.39, 0.29) is 17.1 Å². The van der Waals surface area contributed by atoms with Gasteiger partial charge in [-0.05, 0) is 59.5 Å². The highest BCUT2D eigenvalue weighted by molar-refractivity contribution is 6.15. The topological polar surface area (TPSA) is 87.6 Å². The third kappa shape index (κ3) is 2.32. The summed E-state index contributed by atoms with van der Waals surface area (Å²) < 4.78 is 14.2. The highest BCUT2D eigenvalue weighted by atomic mass is 19.1. The lowest BCUT2D eigenvalue weighted by atomic mass is 9.91. The average molecular weight is 384 g/mol. The Labute approximate surface area is 164 Å². The van der Waals surface area contributed by atoms with Crippen molar-refractivity contribution in [3.8, 4) is 11.1 Å². The normalized spacial score (nSPS) is 14.2. The van der Waals surface area contributed by atoms with Gasteiger partial charge in [0.2, 0.25) is 0 Å². The van der Waals surface area contributed by atoms with Crippen LogP contribution in [0.2, 0.25) is 0 Å². The molecule has 6 heteroatoms. The lowest BCUT2D eigenvalue weighted by molar-refractivity contribution is 0.630. The molecule has 1 aliphatic carbocycles. The maximum atomic E-state index is 14.2. The number of hydrogen-bond acceptors (Lipinski definition) is 3. The largest absolute Gasteiger partial charge is 0.394 e. The average Bonchev–Trinajstić information content (AvgIpc) is 3.44. The molecule has 0 amide bonds. The summed E-state index contributed by atoms with van der Waals surface area (Å²) in [5.74, 6) is 0.126. The minimum Gasteiger partial charge on any atom is -0.394 e. The van der Waals surface area contributed by atoms with Crippen LogP contribution in [0.4, 0.5) is 10.1 Å². The molecule has 0 unspecified atom stereocenters. The molecule has 0 radical (unpaired) electrons. The van der Waals surface area contributed by atoms with E-state index in [9.17, 15) is 9.18 Å².